The largest absolute Gasteiger partial charge is 0.694 e. The van der Waals surface area contributed by atoms with E-state index >= 15 is 0 Å². The van der Waals surface area contributed by atoms with Gasteiger partial charge in [0.15, 0.2) is 0 Å². The van der Waals surface area contributed by atoms with Crippen molar-refractivity contribution in [2.24, 2.45) is 5.92 Å². The van der Waals surface area contributed by atoms with Crippen LogP contribution in [0, 0.1) is 5.92 Å². The smallest absolute Gasteiger partial charge is 0.375 e. The van der Waals surface area contributed by atoms with Gasteiger partial charge in [-0.1, -0.05) is 6.92 Å². The summed E-state index contributed by atoms with van der Waals surface area (Å²) in [6, 6.07) is 0. The van der Waals surface area contributed by atoms with Gasteiger partial charge in [-0.3, -0.25) is 0 Å². The van der Waals surface area contributed by atoms with Crippen molar-refractivity contribution in [1.82, 2.24) is 0 Å². The molecule has 2 unspecified atom stereocenters. The van der Waals surface area contributed by atoms with Crippen molar-refractivity contribution >= 4 is 8.25 Å². The second-order valence-corrected chi connectivity index (χ2v) is 3.56. The summed E-state index contributed by atoms with van der Waals surface area (Å²) in [7, 11) is -2.46. The SMILES string of the molecule is CC1CO[C@H](CO[P+](=O)O)C1. The molecule has 1 aliphatic heterocycles. The second kappa shape index (κ2) is 4.12. The molecule has 1 rings (SSSR count). The van der Waals surface area contributed by atoms with E-state index in [1.807, 2.05) is 0 Å². The molecule has 0 radical (unpaired) electrons. The number of rotatable bonds is 3. The molecule has 0 saturated carbocycles. The molecule has 1 saturated heterocycles. The van der Waals surface area contributed by atoms with Crippen LogP contribution in [-0.4, -0.2) is 24.2 Å². The van der Waals surface area contributed by atoms with E-state index in [9.17, 15) is 4.57 Å². The fraction of sp³-hybridized carbons (Fsp3) is 1.00. The maximum absolute atomic E-state index is 10.1. The van der Waals surface area contributed by atoms with Gasteiger partial charge in [0.1, 0.15) is 6.61 Å². The number of hydrogen-bond donors (Lipinski definition) is 1. The Labute approximate surface area is 66.5 Å². The summed E-state index contributed by atoms with van der Waals surface area (Å²) < 4.78 is 19.9. The highest BCUT2D eigenvalue weighted by atomic mass is 31.1. The standard InChI is InChI=1S/C6H11O4P/c1-5-2-6(9-3-5)4-10-11(7)8/h5-6H,2-4H2,1H3/p+1/t5?,6-/m0/s1. The van der Waals surface area contributed by atoms with Crippen molar-refractivity contribution < 1.29 is 18.7 Å². The third-order valence-corrected chi connectivity index (χ3v) is 2.02. The van der Waals surface area contributed by atoms with E-state index in [0.717, 1.165) is 13.0 Å². The summed E-state index contributed by atoms with van der Waals surface area (Å²) in [5.41, 5.74) is 0. The molecule has 1 fully saturated rings. The zero-order chi connectivity index (χ0) is 8.27. The molecule has 3 atom stereocenters. The maximum atomic E-state index is 10.1. The molecule has 5 heteroatoms. The summed E-state index contributed by atoms with van der Waals surface area (Å²) in [5, 5.41) is 0. The molecule has 0 aromatic carbocycles. The van der Waals surface area contributed by atoms with Crippen LogP contribution in [0.15, 0.2) is 0 Å². The van der Waals surface area contributed by atoms with Gasteiger partial charge in [0.25, 0.3) is 0 Å². The predicted molar refractivity (Wildman–Crippen MR) is 39.3 cm³/mol. The van der Waals surface area contributed by atoms with Crippen LogP contribution >= 0.6 is 8.25 Å². The molecule has 0 aromatic rings. The van der Waals surface area contributed by atoms with E-state index in [1.54, 1.807) is 0 Å². The molecule has 0 aromatic heterocycles. The summed E-state index contributed by atoms with van der Waals surface area (Å²) in [6.07, 6.45) is 0.930. The Bertz CT molecular complexity index is 150. The van der Waals surface area contributed by atoms with E-state index in [1.165, 1.54) is 0 Å². The van der Waals surface area contributed by atoms with Crippen molar-refractivity contribution in [1.29, 1.82) is 0 Å². The van der Waals surface area contributed by atoms with Crippen LogP contribution in [0.5, 0.6) is 0 Å². The quantitative estimate of drug-likeness (QED) is 0.658. The minimum Gasteiger partial charge on any atom is -0.375 e. The second-order valence-electron chi connectivity index (χ2n) is 2.83. The van der Waals surface area contributed by atoms with Crippen LogP contribution in [-0.2, 0) is 13.8 Å². The highest BCUT2D eigenvalue weighted by Gasteiger charge is 2.25. The summed E-state index contributed by atoms with van der Waals surface area (Å²) in [6.45, 7) is 3.05. The first kappa shape index (κ1) is 9.07. The number of hydrogen-bond acceptors (Lipinski definition) is 3. The lowest BCUT2D eigenvalue weighted by molar-refractivity contribution is 0.0649. The van der Waals surface area contributed by atoms with Crippen molar-refractivity contribution in [2.45, 2.75) is 19.4 Å². The van der Waals surface area contributed by atoms with E-state index in [2.05, 4.69) is 11.4 Å². The third kappa shape index (κ3) is 3.25. The Morgan fingerprint density at radius 3 is 3.00 bits per heavy atom. The Morgan fingerprint density at radius 2 is 2.55 bits per heavy atom. The number of ether oxygens (including phenoxy) is 1. The summed E-state index contributed by atoms with van der Waals surface area (Å²) in [4.78, 5) is 8.31. The van der Waals surface area contributed by atoms with E-state index in [0.29, 0.717) is 5.92 Å². The van der Waals surface area contributed by atoms with Crippen LogP contribution in [0.3, 0.4) is 0 Å². The molecular formula is C6H12O4P+. The molecule has 1 N–H and O–H groups in total. The van der Waals surface area contributed by atoms with E-state index < -0.39 is 8.25 Å². The van der Waals surface area contributed by atoms with Crippen LogP contribution in [0.1, 0.15) is 13.3 Å². The van der Waals surface area contributed by atoms with Gasteiger partial charge in [0, 0.05) is 11.2 Å². The third-order valence-electron chi connectivity index (χ3n) is 1.65. The van der Waals surface area contributed by atoms with Crippen molar-refractivity contribution in [2.75, 3.05) is 13.2 Å². The van der Waals surface area contributed by atoms with Gasteiger partial charge < -0.3 is 4.74 Å². The maximum Gasteiger partial charge on any atom is 0.694 e. The monoisotopic (exact) mass is 179 g/mol. The molecular weight excluding hydrogens is 167 g/mol. The minimum absolute atomic E-state index is 0.0103. The first-order valence-electron chi connectivity index (χ1n) is 3.59. The summed E-state index contributed by atoms with van der Waals surface area (Å²) in [5.74, 6) is 0.542. The van der Waals surface area contributed by atoms with E-state index in [4.69, 9.17) is 9.63 Å². The fourth-order valence-electron chi connectivity index (χ4n) is 1.15. The Morgan fingerprint density at radius 1 is 1.82 bits per heavy atom. The lowest BCUT2D eigenvalue weighted by atomic mass is 10.1. The van der Waals surface area contributed by atoms with Crippen LogP contribution in [0.4, 0.5) is 0 Å². The molecule has 11 heavy (non-hydrogen) atoms. The van der Waals surface area contributed by atoms with Crippen LogP contribution in [0.25, 0.3) is 0 Å². The average Bonchev–Trinajstić information content (AvgIpc) is 2.31. The molecule has 4 nitrogen and oxygen atoms in total. The van der Waals surface area contributed by atoms with Crippen LogP contribution < -0.4 is 0 Å². The van der Waals surface area contributed by atoms with Gasteiger partial charge in [0.2, 0.25) is 0 Å². The molecule has 0 bridgehead atoms. The van der Waals surface area contributed by atoms with Gasteiger partial charge in [-0.05, 0) is 12.3 Å². The molecule has 0 spiro atoms. The van der Waals surface area contributed by atoms with Gasteiger partial charge in [0.05, 0.1) is 6.10 Å². The Hall–Kier alpha value is -0.0200. The van der Waals surface area contributed by atoms with Crippen molar-refractivity contribution in [3.8, 4) is 0 Å². The first-order chi connectivity index (χ1) is 5.18. The van der Waals surface area contributed by atoms with Gasteiger partial charge >= 0.3 is 8.25 Å². The fourth-order valence-corrected chi connectivity index (χ4v) is 1.44. The summed E-state index contributed by atoms with van der Waals surface area (Å²) >= 11 is 0. The molecule has 1 heterocycles. The zero-order valence-electron chi connectivity index (χ0n) is 6.40. The molecule has 0 aliphatic carbocycles. The predicted octanol–water partition coefficient (Wildman–Crippen LogP) is 1.08. The Balaban J connectivity index is 2.13. The minimum atomic E-state index is -2.46. The van der Waals surface area contributed by atoms with E-state index in [-0.39, 0.29) is 12.7 Å². The molecule has 0 amide bonds. The van der Waals surface area contributed by atoms with Gasteiger partial charge in [-0.2, -0.15) is 0 Å². The lowest BCUT2D eigenvalue weighted by Crippen LogP contribution is -2.11. The van der Waals surface area contributed by atoms with Crippen molar-refractivity contribution in [3.05, 3.63) is 0 Å². The van der Waals surface area contributed by atoms with Gasteiger partial charge in [-0.25, -0.2) is 0 Å². The lowest BCUT2D eigenvalue weighted by Gasteiger charge is -2.01. The first-order valence-corrected chi connectivity index (χ1v) is 4.72. The van der Waals surface area contributed by atoms with Crippen molar-refractivity contribution in [3.63, 3.8) is 0 Å². The highest BCUT2D eigenvalue weighted by Crippen LogP contribution is 2.22. The Kier molecular flexibility index (Phi) is 3.40. The highest BCUT2D eigenvalue weighted by molar-refractivity contribution is 7.32. The zero-order valence-corrected chi connectivity index (χ0v) is 7.29. The normalized spacial score (nSPS) is 32.4. The molecule has 64 valence electrons. The van der Waals surface area contributed by atoms with Gasteiger partial charge in [-0.15, -0.1) is 9.42 Å². The van der Waals surface area contributed by atoms with Crippen LogP contribution in [0.2, 0.25) is 0 Å². The molecule has 1 aliphatic rings. The topological polar surface area (TPSA) is 55.8 Å². The average molecular weight is 179 g/mol.